The van der Waals surface area contributed by atoms with Crippen LogP contribution in [0.4, 0.5) is 0 Å². The summed E-state index contributed by atoms with van der Waals surface area (Å²) < 4.78 is 9.80. The zero-order valence-corrected chi connectivity index (χ0v) is 12.4. The molecule has 2 rings (SSSR count). The summed E-state index contributed by atoms with van der Waals surface area (Å²) in [5, 5.41) is 4.52. The predicted molar refractivity (Wildman–Crippen MR) is 75.6 cm³/mol. The Bertz CT molecular complexity index is 571. The summed E-state index contributed by atoms with van der Waals surface area (Å²) in [5.74, 6) is 1.01. The van der Waals surface area contributed by atoms with Gasteiger partial charge in [-0.15, -0.1) is 11.8 Å². The number of ether oxygens (including phenoxy) is 1. The Morgan fingerprint density at radius 3 is 2.85 bits per heavy atom. The van der Waals surface area contributed by atoms with Crippen molar-refractivity contribution < 1.29 is 14.1 Å². The lowest BCUT2D eigenvalue weighted by atomic mass is 10.4. The zero-order chi connectivity index (χ0) is 14.4. The highest BCUT2D eigenvalue weighted by Crippen LogP contribution is 2.23. The van der Waals surface area contributed by atoms with Crippen molar-refractivity contribution in [3.8, 4) is 0 Å². The normalized spacial score (nSPS) is 10.5. The van der Waals surface area contributed by atoms with Gasteiger partial charge in [0.1, 0.15) is 6.42 Å². The van der Waals surface area contributed by atoms with Crippen molar-refractivity contribution in [2.75, 3.05) is 6.61 Å². The minimum absolute atomic E-state index is 0.00640. The lowest BCUT2D eigenvalue weighted by Gasteiger charge is -1.98. The largest absolute Gasteiger partial charge is 0.466 e. The van der Waals surface area contributed by atoms with Crippen LogP contribution in [-0.4, -0.2) is 22.7 Å². The van der Waals surface area contributed by atoms with Gasteiger partial charge in [-0.1, -0.05) is 16.8 Å². The average molecular weight is 313 g/mol. The molecule has 0 saturated carbocycles. The van der Waals surface area contributed by atoms with E-state index < -0.39 is 0 Å². The van der Waals surface area contributed by atoms with Crippen molar-refractivity contribution >= 4 is 29.3 Å². The Morgan fingerprint density at radius 1 is 1.40 bits per heavy atom. The van der Waals surface area contributed by atoms with E-state index in [1.54, 1.807) is 18.7 Å². The highest BCUT2D eigenvalue weighted by atomic mass is 35.5. The van der Waals surface area contributed by atoms with Gasteiger partial charge < -0.3 is 9.26 Å². The molecule has 7 heteroatoms. The third-order valence-electron chi connectivity index (χ3n) is 2.29. The molecule has 106 valence electrons. The first kappa shape index (κ1) is 14.9. The first-order valence-electron chi connectivity index (χ1n) is 6.03. The Morgan fingerprint density at radius 2 is 2.15 bits per heavy atom. The van der Waals surface area contributed by atoms with Crippen molar-refractivity contribution in [2.24, 2.45) is 0 Å². The Balaban J connectivity index is 1.86. The maximum Gasteiger partial charge on any atom is 0.315 e. The lowest BCUT2D eigenvalue weighted by Crippen LogP contribution is -2.07. The molecule has 2 aromatic rings. The Hall–Kier alpha value is -1.53. The van der Waals surface area contributed by atoms with Crippen LogP contribution in [0.15, 0.2) is 33.7 Å². The molecular weight excluding hydrogens is 300 g/mol. The second-order valence-corrected chi connectivity index (χ2v) is 5.31. The number of thioether (sulfide) groups is 1. The summed E-state index contributed by atoms with van der Waals surface area (Å²) in [6, 6.07) is 7.50. The summed E-state index contributed by atoms with van der Waals surface area (Å²) in [5.41, 5.74) is 0. The monoisotopic (exact) mass is 312 g/mol. The number of benzene rings is 1. The number of nitrogens with zero attached hydrogens (tertiary/aromatic N) is 2. The highest BCUT2D eigenvalue weighted by Gasteiger charge is 2.12. The Kier molecular flexibility index (Phi) is 5.43. The molecule has 0 unspecified atom stereocenters. The number of carbonyl (C=O) groups is 1. The molecule has 0 aliphatic heterocycles. The number of hydrogen-bond acceptors (Lipinski definition) is 6. The summed E-state index contributed by atoms with van der Waals surface area (Å²) in [6.45, 7) is 2.09. The number of hydrogen-bond donors (Lipinski definition) is 0. The van der Waals surface area contributed by atoms with E-state index in [4.69, 9.17) is 20.9 Å². The van der Waals surface area contributed by atoms with Crippen LogP contribution in [0.3, 0.4) is 0 Å². The molecule has 0 bridgehead atoms. The molecule has 1 aromatic heterocycles. The SMILES string of the molecule is CCOC(=O)Cc1nc(CSc2ccc(Cl)cc2)no1. The summed E-state index contributed by atoms with van der Waals surface area (Å²) >= 11 is 7.38. The second kappa shape index (κ2) is 7.31. The van der Waals surface area contributed by atoms with Crippen molar-refractivity contribution in [3.63, 3.8) is 0 Å². The van der Waals surface area contributed by atoms with E-state index >= 15 is 0 Å². The number of aromatic nitrogens is 2. The quantitative estimate of drug-likeness (QED) is 0.603. The molecule has 0 amide bonds. The fourth-order valence-corrected chi connectivity index (χ4v) is 2.30. The van der Waals surface area contributed by atoms with Crippen LogP contribution in [0.1, 0.15) is 18.6 Å². The third-order valence-corrected chi connectivity index (χ3v) is 3.55. The van der Waals surface area contributed by atoms with E-state index in [2.05, 4.69) is 10.1 Å². The van der Waals surface area contributed by atoms with Crippen LogP contribution >= 0.6 is 23.4 Å². The zero-order valence-electron chi connectivity index (χ0n) is 10.8. The van der Waals surface area contributed by atoms with Gasteiger partial charge in [0.2, 0.25) is 5.89 Å². The molecule has 1 heterocycles. The van der Waals surface area contributed by atoms with E-state index in [1.165, 1.54) is 0 Å². The molecule has 1 aromatic carbocycles. The van der Waals surface area contributed by atoms with Gasteiger partial charge in [0.25, 0.3) is 0 Å². The van der Waals surface area contributed by atoms with E-state index in [9.17, 15) is 4.79 Å². The van der Waals surface area contributed by atoms with Gasteiger partial charge in [0.15, 0.2) is 5.82 Å². The molecule has 0 saturated heterocycles. The molecule has 0 atom stereocenters. The van der Waals surface area contributed by atoms with Gasteiger partial charge in [-0.05, 0) is 31.2 Å². The first-order chi connectivity index (χ1) is 9.67. The first-order valence-corrected chi connectivity index (χ1v) is 7.39. The van der Waals surface area contributed by atoms with E-state index in [-0.39, 0.29) is 18.3 Å². The molecule has 0 fully saturated rings. The summed E-state index contributed by atoms with van der Waals surface area (Å²) in [6.07, 6.45) is 0.00640. The molecule has 0 spiro atoms. The maximum atomic E-state index is 11.3. The van der Waals surface area contributed by atoms with Crippen LogP contribution in [-0.2, 0) is 21.7 Å². The van der Waals surface area contributed by atoms with Crippen LogP contribution in [0.2, 0.25) is 5.02 Å². The number of carbonyl (C=O) groups excluding carboxylic acids is 1. The van der Waals surface area contributed by atoms with Gasteiger partial charge in [-0.2, -0.15) is 4.98 Å². The minimum Gasteiger partial charge on any atom is -0.466 e. The van der Waals surface area contributed by atoms with Gasteiger partial charge in [0, 0.05) is 9.92 Å². The molecule has 0 aliphatic carbocycles. The van der Waals surface area contributed by atoms with E-state index in [0.717, 1.165) is 4.90 Å². The van der Waals surface area contributed by atoms with Crippen LogP contribution in [0.5, 0.6) is 0 Å². The number of rotatable bonds is 6. The van der Waals surface area contributed by atoms with E-state index in [0.29, 0.717) is 23.2 Å². The second-order valence-electron chi connectivity index (χ2n) is 3.83. The number of halogens is 1. The van der Waals surface area contributed by atoms with Gasteiger partial charge in [0.05, 0.1) is 12.4 Å². The smallest absolute Gasteiger partial charge is 0.315 e. The fraction of sp³-hybridized carbons (Fsp3) is 0.308. The standard InChI is InChI=1S/C13H13ClN2O3S/c1-2-18-13(17)7-12-15-11(16-19-12)8-20-10-5-3-9(14)4-6-10/h3-6H,2,7-8H2,1H3. The van der Waals surface area contributed by atoms with Gasteiger partial charge >= 0.3 is 5.97 Å². The predicted octanol–water partition coefficient (Wildman–Crippen LogP) is 3.12. The van der Waals surface area contributed by atoms with Gasteiger partial charge in [-0.3, -0.25) is 4.79 Å². The van der Waals surface area contributed by atoms with E-state index in [1.807, 2.05) is 24.3 Å². The lowest BCUT2D eigenvalue weighted by molar-refractivity contribution is -0.142. The third kappa shape index (κ3) is 4.54. The molecule has 0 radical (unpaired) electrons. The topological polar surface area (TPSA) is 65.2 Å². The summed E-state index contributed by atoms with van der Waals surface area (Å²) in [4.78, 5) is 16.5. The maximum absolute atomic E-state index is 11.3. The van der Waals surface area contributed by atoms with Crippen molar-refractivity contribution in [2.45, 2.75) is 24.0 Å². The van der Waals surface area contributed by atoms with Crippen LogP contribution < -0.4 is 0 Å². The Labute approximate surface area is 125 Å². The fourth-order valence-electron chi connectivity index (χ4n) is 1.43. The van der Waals surface area contributed by atoms with Crippen molar-refractivity contribution in [3.05, 3.63) is 41.0 Å². The van der Waals surface area contributed by atoms with Crippen molar-refractivity contribution in [1.82, 2.24) is 10.1 Å². The molecule has 20 heavy (non-hydrogen) atoms. The molecule has 0 aliphatic rings. The van der Waals surface area contributed by atoms with Crippen molar-refractivity contribution in [1.29, 1.82) is 0 Å². The minimum atomic E-state index is -0.368. The molecule has 0 N–H and O–H groups in total. The molecule has 5 nitrogen and oxygen atoms in total. The number of esters is 1. The van der Waals surface area contributed by atoms with Crippen LogP contribution in [0, 0.1) is 0 Å². The van der Waals surface area contributed by atoms with Crippen LogP contribution in [0.25, 0.3) is 0 Å². The molecular formula is C13H13ClN2O3S. The van der Waals surface area contributed by atoms with Gasteiger partial charge in [-0.25, -0.2) is 0 Å². The highest BCUT2D eigenvalue weighted by molar-refractivity contribution is 7.98. The average Bonchev–Trinajstić information content (AvgIpc) is 2.86. The summed E-state index contributed by atoms with van der Waals surface area (Å²) in [7, 11) is 0.